The second kappa shape index (κ2) is 5.99. The molecular weight excluding hydrogens is 342 g/mol. The maximum absolute atomic E-state index is 11.4. The Morgan fingerprint density at radius 1 is 1.33 bits per heavy atom. The van der Waals surface area contributed by atoms with Crippen LogP contribution in [0.3, 0.4) is 0 Å². The first kappa shape index (κ1) is 16.6. The molecule has 0 radical (unpaired) electrons. The third-order valence-corrected chi connectivity index (χ3v) is 5.79. The van der Waals surface area contributed by atoms with E-state index in [0.29, 0.717) is 12.4 Å². The van der Waals surface area contributed by atoms with Crippen molar-refractivity contribution in [2.24, 2.45) is 0 Å². The molecule has 27 heavy (non-hydrogen) atoms. The highest BCUT2D eigenvalue weighted by molar-refractivity contribution is 5.89. The number of anilines is 3. The number of hydrogen-bond acceptors (Lipinski definition) is 6. The van der Waals surface area contributed by atoms with Gasteiger partial charge in [0, 0.05) is 61.0 Å². The minimum Gasteiger partial charge on any atom is -0.381 e. The summed E-state index contributed by atoms with van der Waals surface area (Å²) < 4.78 is 5.53. The molecule has 2 aliphatic heterocycles. The van der Waals surface area contributed by atoms with Crippen molar-refractivity contribution in [2.75, 3.05) is 30.0 Å². The summed E-state index contributed by atoms with van der Waals surface area (Å²) in [5, 5.41) is 2.80. The van der Waals surface area contributed by atoms with Crippen LogP contribution in [0.15, 0.2) is 18.3 Å². The van der Waals surface area contributed by atoms with E-state index in [0.717, 1.165) is 42.6 Å². The molecule has 0 aromatic carbocycles. The van der Waals surface area contributed by atoms with E-state index in [4.69, 9.17) is 9.72 Å². The Morgan fingerprint density at radius 3 is 2.89 bits per heavy atom. The summed E-state index contributed by atoms with van der Waals surface area (Å²) in [7, 11) is 0. The molecule has 1 aliphatic carbocycles. The minimum absolute atomic E-state index is 0.116. The SMILES string of the molecule is CC(=O)Nc1cc2c(cn1)C1(CC1)CN2c1cc(C)nc(C2CCOC2)n1. The molecule has 1 saturated carbocycles. The number of fused-ring (bicyclic) bond motifs is 2. The predicted octanol–water partition coefficient (Wildman–Crippen LogP) is 2.83. The molecule has 1 spiro atoms. The highest BCUT2D eigenvalue weighted by Gasteiger charge is 2.52. The van der Waals surface area contributed by atoms with Gasteiger partial charge < -0.3 is 15.0 Å². The smallest absolute Gasteiger partial charge is 0.222 e. The van der Waals surface area contributed by atoms with E-state index >= 15 is 0 Å². The molecule has 1 saturated heterocycles. The summed E-state index contributed by atoms with van der Waals surface area (Å²) >= 11 is 0. The molecule has 1 amide bonds. The number of nitrogens with zero attached hydrogens (tertiary/aromatic N) is 4. The monoisotopic (exact) mass is 365 g/mol. The maximum atomic E-state index is 11.4. The zero-order chi connectivity index (χ0) is 18.6. The summed E-state index contributed by atoms with van der Waals surface area (Å²) in [4.78, 5) is 27.7. The van der Waals surface area contributed by atoms with E-state index < -0.39 is 0 Å². The Hall–Kier alpha value is -2.54. The van der Waals surface area contributed by atoms with Crippen LogP contribution in [-0.2, 0) is 14.9 Å². The summed E-state index contributed by atoms with van der Waals surface area (Å²) in [6, 6.07) is 4.02. The third-order valence-electron chi connectivity index (χ3n) is 5.79. The summed E-state index contributed by atoms with van der Waals surface area (Å²) in [6.07, 6.45) is 5.24. The number of aryl methyl sites for hydroxylation is 1. The van der Waals surface area contributed by atoms with Gasteiger partial charge in [-0.05, 0) is 26.2 Å². The van der Waals surface area contributed by atoms with E-state index in [2.05, 4.69) is 20.2 Å². The summed E-state index contributed by atoms with van der Waals surface area (Å²) in [5.74, 6) is 2.54. The maximum Gasteiger partial charge on any atom is 0.222 e. The normalized spacial score (nSPS) is 22.1. The van der Waals surface area contributed by atoms with E-state index in [1.54, 1.807) is 0 Å². The average Bonchev–Trinajstić information content (AvgIpc) is 3.07. The number of amides is 1. The standard InChI is InChI=1S/C20H23N5O2/c1-12-7-18(24-19(22-12)14-3-6-27-10-14)25-11-20(4-5-20)15-9-21-17(8-16(15)25)23-13(2)26/h7-9,14H,3-6,10-11H2,1-2H3,(H,21,23,26). The fourth-order valence-electron chi connectivity index (χ4n) is 4.21. The lowest BCUT2D eigenvalue weighted by atomic mass is 10.0. The predicted molar refractivity (Wildman–Crippen MR) is 101 cm³/mol. The van der Waals surface area contributed by atoms with Crippen LogP contribution in [0.4, 0.5) is 17.3 Å². The molecule has 0 bridgehead atoms. The van der Waals surface area contributed by atoms with Gasteiger partial charge in [-0.25, -0.2) is 15.0 Å². The number of hydrogen-bond donors (Lipinski definition) is 1. The van der Waals surface area contributed by atoms with E-state index in [1.807, 2.05) is 25.3 Å². The Bertz CT molecular complexity index is 919. The summed E-state index contributed by atoms with van der Waals surface area (Å²) in [5.41, 5.74) is 3.51. The molecule has 1 atom stereocenters. The van der Waals surface area contributed by atoms with Crippen molar-refractivity contribution in [3.05, 3.63) is 35.4 Å². The van der Waals surface area contributed by atoms with E-state index in [-0.39, 0.29) is 17.2 Å². The van der Waals surface area contributed by atoms with Crippen LogP contribution in [-0.4, -0.2) is 40.6 Å². The first-order valence-corrected chi connectivity index (χ1v) is 9.53. The van der Waals surface area contributed by atoms with Crippen molar-refractivity contribution in [1.29, 1.82) is 0 Å². The first-order chi connectivity index (χ1) is 13.0. The van der Waals surface area contributed by atoms with Gasteiger partial charge in [0.1, 0.15) is 17.5 Å². The van der Waals surface area contributed by atoms with Crippen LogP contribution in [0.5, 0.6) is 0 Å². The molecule has 140 valence electrons. The van der Waals surface area contributed by atoms with Gasteiger partial charge in [0.05, 0.1) is 12.3 Å². The molecule has 7 nitrogen and oxygen atoms in total. The van der Waals surface area contributed by atoms with Gasteiger partial charge in [-0.1, -0.05) is 0 Å². The lowest BCUT2D eigenvalue weighted by molar-refractivity contribution is -0.114. The largest absolute Gasteiger partial charge is 0.381 e. The fraction of sp³-hybridized carbons (Fsp3) is 0.500. The van der Waals surface area contributed by atoms with Gasteiger partial charge in [-0.2, -0.15) is 0 Å². The van der Waals surface area contributed by atoms with Gasteiger partial charge in [0.2, 0.25) is 5.91 Å². The third kappa shape index (κ3) is 2.86. The Balaban J connectivity index is 1.56. The number of nitrogens with one attached hydrogen (secondary N) is 1. The van der Waals surface area contributed by atoms with Crippen molar-refractivity contribution < 1.29 is 9.53 Å². The zero-order valence-electron chi connectivity index (χ0n) is 15.7. The van der Waals surface area contributed by atoms with Crippen LogP contribution < -0.4 is 10.2 Å². The Labute approximate surface area is 158 Å². The lowest BCUT2D eigenvalue weighted by Crippen LogP contribution is -2.21. The molecule has 1 unspecified atom stereocenters. The molecule has 2 aromatic heterocycles. The molecule has 2 aromatic rings. The van der Waals surface area contributed by atoms with Gasteiger partial charge in [-0.3, -0.25) is 4.79 Å². The highest BCUT2D eigenvalue weighted by Crippen LogP contribution is 2.58. The number of ether oxygens (including phenoxy) is 1. The topological polar surface area (TPSA) is 80.2 Å². The fourth-order valence-corrected chi connectivity index (χ4v) is 4.21. The highest BCUT2D eigenvalue weighted by atomic mass is 16.5. The van der Waals surface area contributed by atoms with Crippen molar-refractivity contribution in [2.45, 2.75) is 44.4 Å². The Kier molecular flexibility index (Phi) is 3.69. The van der Waals surface area contributed by atoms with Gasteiger partial charge >= 0.3 is 0 Å². The molecule has 4 heterocycles. The van der Waals surface area contributed by atoms with Crippen molar-refractivity contribution >= 4 is 23.2 Å². The Morgan fingerprint density at radius 2 is 2.19 bits per heavy atom. The van der Waals surface area contributed by atoms with Crippen LogP contribution in [0.2, 0.25) is 0 Å². The number of aromatic nitrogens is 3. The number of carbonyl (C=O) groups is 1. The summed E-state index contributed by atoms with van der Waals surface area (Å²) in [6.45, 7) is 5.89. The molecule has 2 fully saturated rings. The number of pyridine rings is 1. The molecule has 7 heteroatoms. The van der Waals surface area contributed by atoms with Crippen molar-refractivity contribution in [1.82, 2.24) is 15.0 Å². The second-order valence-electron chi connectivity index (χ2n) is 7.92. The first-order valence-electron chi connectivity index (χ1n) is 9.53. The minimum atomic E-state index is -0.116. The number of carbonyl (C=O) groups excluding carboxylic acids is 1. The van der Waals surface area contributed by atoms with E-state index in [1.165, 1.54) is 25.3 Å². The second-order valence-corrected chi connectivity index (χ2v) is 7.92. The molecular formula is C20H23N5O2. The van der Waals surface area contributed by atoms with Crippen LogP contribution in [0.1, 0.15) is 49.2 Å². The van der Waals surface area contributed by atoms with E-state index in [9.17, 15) is 4.79 Å². The van der Waals surface area contributed by atoms with Crippen molar-refractivity contribution in [3.63, 3.8) is 0 Å². The molecule has 1 N–H and O–H groups in total. The molecule has 5 rings (SSSR count). The van der Waals surface area contributed by atoms with Crippen LogP contribution in [0.25, 0.3) is 0 Å². The zero-order valence-corrected chi connectivity index (χ0v) is 15.7. The van der Waals surface area contributed by atoms with Gasteiger partial charge in [0.25, 0.3) is 0 Å². The van der Waals surface area contributed by atoms with Crippen molar-refractivity contribution in [3.8, 4) is 0 Å². The quantitative estimate of drug-likeness (QED) is 0.901. The molecule has 3 aliphatic rings. The van der Waals surface area contributed by atoms with Gasteiger partial charge in [0.15, 0.2) is 0 Å². The number of rotatable bonds is 3. The average molecular weight is 365 g/mol. The van der Waals surface area contributed by atoms with Gasteiger partial charge in [-0.15, -0.1) is 0 Å². The van der Waals surface area contributed by atoms with Crippen LogP contribution >= 0.6 is 0 Å². The van der Waals surface area contributed by atoms with Crippen LogP contribution in [0, 0.1) is 6.92 Å². The lowest BCUT2D eigenvalue weighted by Gasteiger charge is -2.21.